The smallest absolute Gasteiger partial charge is 0.423 e. The summed E-state index contributed by atoms with van der Waals surface area (Å²) in [6.07, 6.45) is -3.78. The Hall–Kier alpha value is -1.58. The van der Waals surface area contributed by atoms with Crippen molar-refractivity contribution >= 4 is 34.2 Å². The van der Waals surface area contributed by atoms with E-state index in [2.05, 4.69) is 32.6 Å². The fourth-order valence-electron chi connectivity index (χ4n) is 2.13. The van der Waals surface area contributed by atoms with Gasteiger partial charge in [-0.3, -0.25) is 0 Å². The normalized spacial score (nSPS) is 11.7. The first kappa shape index (κ1) is 19.7. The highest BCUT2D eigenvalue weighted by molar-refractivity contribution is 14.1. The van der Waals surface area contributed by atoms with Gasteiger partial charge in [0.1, 0.15) is 5.56 Å². The maximum atomic E-state index is 13.2. The molecule has 1 heterocycles. The lowest BCUT2D eigenvalue weighted by Gasteiger charge is -2.23. The lowest BCUT2D eigenvalue weighted by molar-refractivity contribution is -0.139. The lowest BCUT2D eigenvalue weighted by Crippen LogP contribution is -2.22. The van der Waals surface area contributed by atoms with Gasteiger partial charge in [-0.1, -0.05) is 26.0 Å². The third-order valence-electron chi connectivity index (χ3n) is 3.30. The van der Waals surface area contributed by atoms with Crippen LogP contribution >= 0.6 is 22.6 Å². The van der Waals surface area contributed by atoms with E-state index in [0.717, 1.165) is 15.5 Å². The molecule has 1 aromatic heterocycles. The topological polar surface area (TPSA) is 38.2 Å². The molecule has 0 N–H and O–H groups in total. The van der Waals surface area contributed by atoms with Gasteiger partial charge in [-0.05, 0) is 47.6 Å². The number of benzene rings is 1. The van der Waals surface area contributed by atoms with E-state index in [1.165, 1.54) is 0 Å². The number of nitrogens with zero attached hydrogens (tertiary/aromatic N) is 3. The third kappa shape index (κ3) is 4.96. The standard InChI is InChI=1S/C17H19F3IN3O/c1-4-24(14-8-6-5-7-13(14)21)16-22-9-12(17(18,19)20)15(23-16)25-10-11(2)3/h5-9,11H,4,10H2,1-3H3. The zero-order chi connectivity index (χ0) is 18.6. The molecule has 0 aliphatic heterocycles. The number of rotatable bonds is 6. The first-order valence-corrected chi connectivity index (χ1v) is 8.91. The van der Waals surface area contributed by atoms with Crippen LogP contribution in [0.4, 0.5) is 24.8 Å². The minimum absolute atomic E-state index is 0.0804. The summed E-state index contributed by atoms with van der Waals surface area (Å²) in [7, 11) is 0. The Kier molecular flexibility index (Phi) is 6.47. The van der Waals surface area contributed by atoms with Crippen molar-refractivity contribution < 1.29 is 17.9 Å². The van der Waals surface area contributed by atoms with Crippen LogP contribution in [0.3, 0.4) is 0 Å². The van der Waals surface area contributed by atoms with Crippen LogP contribution in [0.1, 0.15) is 26.3 Å². The van der Waals surface area contributed by atoms with Crippen LogP contribution in [0.25, 0.3) is 0 Å². The Labute approximate surface area is 158 Å². The molecule has 2 rings (SSSR count). The van der Waals surface area contributed by atoms with E-state index in [-0.39, 0.29) is 18.5 Å². The molecule has 1 aromatic carbocycles. The maximum absolute atomic E-state index is 13.2. The van der Waals surface area contributed by atoms with Gasteiger partial charge in [0.25, 0.3) is 0 Å². The molecule has 25 heavy (non-hydrogen) atoms. The molecule has 4 nitrogen and oxygen atoms in total. The highest BCUT2D eigenvalue weighted by Crippen LogP contribution is 2.36. The minimum atomic E-state index is -4.57. The molecule has 8 heteroatoms. The predicted octanol–water partition coefficient (Wildman–Crippen LogP) is 5.29. The van der Waals surface area contributed by atoms with Crippen LogP contribution in [-0.4, -0.2) is 23.1 Å². The van der Waals surface area contributed by atoms with E-state index in [1.54, 1.807) is 4.90 Å². The molecule has 0 fully saturated rings. The van der Waals surface area contributed by atoms with Crippen molar-refractivity contribution in [2.45, 2.75) is 26.9 Å². The molecule has 0 saturated heterocycles. The summed E-state index contributed by atoms with van der Waals surface area (Å²) in [4.78, 5) is 9.76. The average Bonchev–Trinajstić information content (AvgIpc) is 2.54. The van der Waals surface area contributed by atoms with Gasteiger partial charge >= 0.3 is 6.18 Å². The quantitative estimate of drug-likeness (QED) is 0.544. The van der Waals surface area contributed by atoms with Crippen LogP contribution < -0.4 is 9.64 Å². The van der Waals surface area contributed by atoms with Crippen molar-refractivity contribution in [3.8, 4) is 5.88 Å². The molecule has 136 valence electrons. The fourth-order valence-corrected chi connectivity index (χ4v) is 2.81. The van der Waals surface area contributed by atoms with Gasteiger partial charge in [-0.15, -0.1) is 0 Å². The van der Waals surface area contributed by atoms with E-state index in [9.17, 15) is 13.2 Å². The van der Waals surface area contributed by atoms with E-state index in [0.29, 0.717) is 6.54 Å². The average molecular weight is 465 g/mol. The number of anilines is 2. The summed E-state index contributed by atoms with van der Waals surface area (Å²) in [6, 6.07) is 7.55. The van der Waals surface area contributed by atoms with Crippen molar-refractivity contribution in [1.82, 2.24) is 9.97 Å². The molecule has 0 saturated carbocycles. The van der Waals surface area contributed by atoms with Crippen LogP contribution in [0.15, 0.2) is 30.5 Å². The number of ether oxygens (including phenoxy) is 1. The molecule has 0 aliphatic carbocycles. The summed E-state index contributed by atoms with van der Waals surface area (Å²) >= 11 is 2.17. The highest BCUT2D eigenvalue weighted by atomic mass is 127. The van der Waals surface area contributed by atoms with Crippen molar-refractivity contribution in [2.24, 2.45) is 5.92 Å². The summed E-state index contributed by atoms with van der Waals surface area (Å²) in [6.45, 7) is 6.27. The van der Waals surface area contributed by atoms with Gasteiger partial charge in [0.2, 0.25) is 11.8 Å². The Morgan fingerprint density at radius 1 is 1.24 bits per heavy atom. The number of alkyl halides is 3. The summed E-state index contributed by atoms with van der Waals surface area (Å²) in [5.41, 5.74) is -0.129. The number of halogens is 4. The number of para-hydroxylation sites is 1. The molecular formula is C17H19F3IN3O. The molecule has 0 aliphatic rings. The molecule has 0 atom stereocenters. The Balaban J connectivity index is 2.47. The second kappa shape index (κ2) is 8.20. The van der Waals surface area contributed by atoms with E-state index in [4.69, 9.17) is 4.74 Å². The molecule has 0 unspecified atom stereocenters. The second-order valence-electron chi connectivity index (χ2n) is 5.79. The molecule has 0 spiro atoms. The zero-order valence-corrected chi connectivity index (χ0v) is 16.3. The second-order valence-corrected chi connectivity index (χ2v) is 6.95. The van der Waals surface area contributed by atoms with Gasteiger partial charge in [0, 0.05) is 16.3 Å². The lowest BCUT2D eigenvalue weighted by atomic mass is 10.2. The van der Waals surface area contributed by atoms with Gasteiger partial charge in [0.05, 0.1) is 12.3 Å². The van der Waals surface area contributed by atoms with Gasteiger partial charge in [-0.25, -0.2) is 4.98 Å². The van der Waals surface area contributed by atoms with Crippen molar-refractivity contribution in [3.63, 3.8) is 0 Å². The van der Waals surface area contributed by atoms with Crippen molar-refractivity contribution in [1.29, 1.82) is 0 Å². The first-order chi connectivity index (χ1) is 11.7. The van der Waals surface area contributed by atoms with Gasteiger partial charge < -0.3 is 9.64 Å². The maximum Gasteiger partial charge on any atom is 0.423 e. The van der Waals surface area contributed by atoms with E-state index >= 15 is 0 Å². The molecule has 0 amide bonds. The first-order valence-electron chi connectivity index (χ1n) is 7.83. The van der Waals surface area contributed by atoms with Crippen molar-refractivity contribution in [2.75, 3.05) is 18.1 Å². The fraction of sp³-hybridized carbons (Fsp3) is 0.412. The largest absolute Gasteiger partial charge is 0.477 e. The predicted molar refractivity (Wildman–Crippen MR) is 99.2 cm³/mol. The summed E-state index contributed by atoms with van der Waals surface area (Å²) in [5, 5.41) is 0. The summed E-state index contributed by atoms with van der Waals surface area (Å²) in [5.74, 6) is -0.175. The highest BCUT2D eigenvalue weighted by Gasteiger charge is 2.36. The molecule has 0 bridgehead atoms. The molecule has 2 aromatic rings. The molecule has 0 radical (unpaired) electrons. The van der Waals surface area contributed by atoms with Gasteiger partial charge in [-0.2, -0.15) is 18.2 Å². The SMILES string of the molecule is CCN(c1ncc(C(F)(F)F)c(OCC(C)C)n1)c1ccccc1I. The Bertz CT molecular complexity index is 723. The van der Waals surface area contributed by atoms with Crippen LogP contribution in [-0.2, 0) is 6.18 Å². The van der Waals surface area contributed by atoms with Crippen molar-refractivity contribution in [3.05, 3.63) is 39.6 Å². The van der Waals surface area contributed by atoms with Gasteiger partial charge in [0.15, 0.2) is 0 Å². The molecular weight excluding hydrogens is 446 g/mol. The number of hydrogen-bond acceptors (Lipinski definition) is 4. The third-order valence-corrected chi connectivity index (χ3v) is 4.21. The Morgan fingerprint density at radius 2 is 1.92 bits per heavy atom. The van der Waals surface area contributed by atoms with Crippen LogP contribution in [0.5, 0.6) is 5.88 Å². The zero-order valence-electron chi connectivity index (χ0n) is 14.1. The monoisotopic (exact) mass is 465 g/mol. The number of hydrogen-bond donors (Lipinski definition) is 0. The van der Waals surface area contributed by atoms with Crippen LogP contribution in [0, 0.1) is 9.49 Å². The Morgan fingerprint density at radius 3 is 2.48 bits per heavy atom. The van der Waals surface area contributed by atoms with Crippen LogP contribution in [0.2, 0.25) is 0 Å². The minimum Gasteiger partial charge on any atom is -0.477 e. The number of aromatic nitrogens is 2. The summed E-state index contributed by atoms with van der Waals surface area (Å²) < 4.78 is 45.9. The van der Waals surface area contributed by atoms with E-state index < -0.39 is 17.6 Å². The van der Waals surface area contributed by atoms with E-state index in [1.807, 2.05) is 45.0 Å².